The highest BCUT2D eigenvalue weighted by atomic mass is 29.9. The van der Waals surface area contributed by atoms with Crippen molar-refractivity contribution in [2.45, 2.75) is 78.3 Å². The normalized spacial score (nSPS) is 13.7. The van der Waals surface area contributed by atoms with Gasteiger partial charge < -0.3 is 4.74 Å². The van der Waals surface area contributed by atoms with Crippen molar-refractivity contribution in [3.05, 3.63) is 29.8 Å². The summed E-state index contributed by atoms with van der Waals surface area (Å²) in [7, 11) is -3.60. The summed E-state index contributed by atoms with van der Waals surface area (Å²) in [5.41, 5.74) is 1.39. The molecule has 0 saturated carbocycles. The highest BCUT2D eigenvalue weighted by molar-refractivity contribution is 7.89. The molecule has 25 heavy (non-hydrogen) atoms. The van der Waals surface area contributed by atoms with E-state index < -0.39 is 29.4 Å². The standard InChI is InChI=1S/C19H38O2Si4/c1-17(20)21-19-13-11-18(12-14-19)15-16-25(22(2,3)4,23(5,6)7)24(8,9)10/h11-14H,15-16H2,1-10H3. The van der Waals surface area contributed by atoms with Crippen LogP contribution in [0.15, 0.2) is 24.3 Å². The molecule has 142 valence electrons. The van der Waals surface area contributed by atoms with Gasteiger partial charge >= 0.3 is 5.97 Å². The van der Waals surface area contributed by atoms with Crippen molar-refractivity contribution in [3.8, 4) is 5.75 Å². The van der Waals surface area contributed by atoms with Crippen LogP contribution in [0, 0.1) is 0 Å². The maximum atomic E-state index is 11.1. The molecule has 0 amide bonds. The minimum atomic E-state index is -1.29. The lowest BCUT2D eigenvalue weighted by Gasteiger charge is -2.58. The second-order valence-electron chi connectivity index (χ2n) is 10.4. The van der Waals surface area contributed by atoms with Crippen molar-refractivity contribution in [1.82, 2.24) is 0 Å². The Labute approximate surface area is 158 Å². The fourth-order valence-corrected chi connectivity index (χ4v) is 104. The lowest BCUT2D eigenvalue weighted by molar-refractivity contribution is -0.131. The molecule has 0 aliphatic rings. The molecule has 0 unspecified atom stereocenters. The van der Waals surface area contributed by atoms with Crippen LogP contribution in [0.25, 0.3) is 0 Å². The number of carbonyl (C=O) groups excluding carboxylic acids is 1. The van der Waals surface area contributed by atoms with Crippen molar-refractivity contribution < 1.29 is 9.53 Å². The van der Waals surface area contributed by atoms with Crippen molar-refractivity contribution in [2.75, 3.05) is 0 Å². The van der Waals surface area contributed by atoms with Crippen molar-refractivity contribution in [3.63, 3.8) is 0 Å². The Morgan fingerprint density at radius 2 is 1.20 bits per heavy atom. The van der Waals surface area contributed by atoms with Gasteiger partial charge in [-0.05, 0) is 24.1 Å². The molecule has 0 aromatic heterocycles. The first-order chi connectivity index (χ1) is 11.1. The van der Waals surface area contributed by atoms with Crippen LogP contribution in [0.5, 0.6) is 5.75 Å². The van der Waals surface area contributed by atoms with Gasteiger partial charge in [0.1, 0.15) is 5.75 Å². The molecule has 0 saturated heterocycles. The third-order valence-corrected chi connectivity index (χ3v) is 80.3. The van der Waals surface area contributed by atoms with Gasteiger partial charge in [-0.25, -0.2) is 0 Å². The summed E-state index contributed by atoms with van der Waals surface area (Å²) < 4.78 is 5.17. The number of benzene rings is 1. The van der Waals surface area contributed by atoms with Gasteiger partial charge in [0.25, 0.3) is 0 Å². The first-order valence-electron chi connectivity index (χ1n) is 9.39. The van der Waals surface area contributed by atoms with E-state index in [4.69, 9.17) is 4.74 Å². The van der Waals surface area contributed by atoms with Crippen LogP contribution < -0.4 is 4.74 Å². The van der Waals surface area contributed by atoms with Crippen LogP contribution in [0.4, 0.5) is 0 Å². The Bertz CT molecular complexity index is 554. The molecule has 0 heterocycles. The van der Waals surface area contributed by atoms with Gasteiger partial charge in [0, 0.05) is 36.3 Å². The predicted molar refractivity (Wildman–Crippen MR) is 122 cm³/mol. The minimum Gasteiger partial charge on any atom is -0.427 e. The predicted octanol–water partition coefficient (Wildman–Crippen LogP) is 5.85. The van der Waals surface area contributed by atoms with E-state index >= 15 is 0 Å². The van der Waals surface area contributed by atoms with E-state index in [1.165, 1.54) is 25.0 Å². The summed E-state index contributed by atoms with van der Waals surface area (Å²) in [4.78, 5) is 11.1. The zero-order valence-corrected chi connectivity index (χ0v) is 22.0. The molecule has 0 aliphatic heterocycles. The molecule has 0 fully saturated rings. The molecular formula is C19H38O2Si4. The van der Waals surface area contributed by atoms with Gasteiger partial charge in [-0.1, -0.05) is 77.1 Å². The first kappa shape index (κ1) is 22.6. The molecule has 6 heteroatoms. The molecule has 1 rings (SSSR count). The van der Waals surface area contributed by atoms with Gasteiger partial charge in [0.15, 0.2) is 0 Å². The van der Waals surface area contributed by atoms with E-state index in [-0.39, 0.29) is 5.97 Å². The summed E-state index contributed by atoms with van der Waals surface area (Å²) >= 11 is 0. The average molecular weight is 411 g/mol. The molecule has 0 N–H and O–H groups in total. The maximum absolute atomic E-state index is 11.1. The van der Waals surface area contributed by atoms with Gasteiger partial charge in [0.05, 0.1) is 0 Å². The SMILES string of the molecule is CC(=O)Oc1ccc(CC[Si]([Si](C)(C)C)([Si](C)(C)C)[Si](C)(C)C)cc1. The zero-order chi connectivity index (χ0) is 19.7. The van der Waals surface area contributed by atoms with Crippen molar-refractivity contribution in [1.29, 1.82) is 0 Å². The smallest absolute Gasteiger partial charge is 0.308 e. The largest absolute Gasteiger partial charge is 0.427 e. The number of aryl methyl sites for hydroxylation is 1. The Morgan fingerprint density at radius 1 is 0.800 bits per heavy atom. The Hall–Kier alpha value is -0.442. The molecule has 0 radical (unpaired) electrons. The number of esters is 1. The lowest BCUT2D eigenvalue weighted by atomic mass is 10.2. The molecule has 2 nitrogen and oxygen atoms in total. The van der Waals surface area contributed by atoms with Crippen LogP contribution in [0.3, 0.4) is 0 Å². The molecule has 1 aromatic carbocycles. The van der Waals surface area contributed by atoms with E-state index in [0.29, 0.717) is 5.75 Å². The number of rotatable bonds is 7. The van der Waals surface area contributed by atoms with E-state index in [1.54, 1.807) is 0 Å². The van der Waals surface area contributed by atoms with Crippen molar-refractivity contribution >= 4 is 35.4 Å². The Balaban J connectivity index is 3.14. The topological polar surface area (TPSA) is 26.3 Å². The molecule has 0 spiro atoms. The quantitative estimate of drug-likeness (QED) is 0.320. The van der Waals surface area contributed by atoms with Crippen LogP contribution in [0.1, 0.15) is 12.5 Å². The minimum absolute atomic E-state index is 0.254. The fourth-order valence-electron chi connectivity index (χ4n) is 5.72. The summed E-state index contributed by atoms with van der Waals surface area (Å²) in [6.45, 7) is 24.0. The van der Waals surface area contributed by atoms with Gasteiger partial charge in [0.2, 0.25) is 0 Å². The highest BCUT2D eigenvalue weighted by Gasteiger charge is 2.60. The zero-order valence-electron chi connectivity index (χ0n) is 18.0. The number of carbonyl (C=O) groups is 1. The summed E-state index contributed by atoms with van der Waals surface area (Å²) in [6.07, 6.45) is 1.19. The summed E-state index contributed by atoms with van der Waals surface area (Å²) in [6, 6.07) is 9.63. The van der Waals surface area contributed by atoms with Crippen LogP contribution in [0.2, 0.25) is 65.0 Å². The van der Waals surface area contributed by atoms with E-state index in [1.807, 2.05) is 12.1 Å². The van der Waals surface area contributed by atoms with E-state index in [9.17, 15) is 4.79 Å². The van der Waals surface area contributed by atoms with Gasteiger partial charge in [-0.3, -0.25) is 4.79 Å². The lowest BCUT2D eigenvalue weighted by Crippen LogP contribution is -2.82. The Morgan fingerprint density at radius 3 is 1.52 bits per heavy atom. The van der Waals surface area contributed by atoms with Crippen LogP contribution >= 0.6 is 0 Å². The van der Waals surface area contributed by atoms with Gasteiger partial charge in [-0.2, -0.15) is 0 Å². The molecule has 0 atom stereocenters. The number of hydrogen-bond acceptors (Lipinski definition) is 2. The summed E-state index contributed by atoms with van der Waals surface area (Å²) in [5, 5.41) is 0. The average Bonchev–Trinajstić information content (AvgIpc) is 2.35. The van der Waals surface area contributed by atoms with E-state index in [0.717, 1.165) is 0 Å². The van der Waals surface area contributed by atoms with Crippen LogP contribution in [-0.2, 0) is 11.2 Å². The number of ether oxygens (including phenoxy) is 1. The van der Waals surface area contributed by atoms with Gasteiger partial charge in [-0.15, -0.1) is 0 Å². The van der Waals surface area contributed by atoms with E-state index in [2.05, 4.69) is 71.1 Å². The first-order valence-corrected chi connectivity index (χ1v) is 25.1. The molecule has 0 bridgehead atoms. The fraction of sp³-hybridized carbons (Fsp3) is 0.632. The second kappa shape index (κ2) is 7.66. The van der Waals surface area contributed by atoms with Crippen LogP contribution in [-0.4, -0.2) is 35.4 Å². The summed E-state index contributed by atoms with van der Waals surface area (Å²) in [5.74, 6) is 0.399. The monoisotopic (exact) mass is 410 g/mol. The third-order valence-electron chi connectivity index (χ3n) is 5.81. The third kappa shape index (κ3) is 5.05. The second-order valence-corrected chi connectivity index (χ2v) is 51.9. The highest BCUT2D eigenvalue weighted by Crippen LogP contribution is 2.40. The molecule has 1 aromatic rings. The maximum Gasteiger partial charge on any atom is 0.308 e. The molecule has 0 aliphatic carbocycles. The number of hydrogen-bond donors (Lipinski definition) is 0. The Kier molecular flexibility index (Phi) is 6.92. The molecular weight excluding hydrogens is 373 g/mol. The van der Waals surface area contributed by atoms with Crippen molar-refractivity contribution in [2.24, 2.45) is 0 Å².